The Morgan fingerprint density at radius 2 is 1.64 bits per heavy atom. The van der Waals surface area contributed by atoms with Gasteiger partial charge in [0.15, 0.2) is 17.5 Å². The molecule has 1 aliphatic heterocycles. The van der Waals surface area contributed by atoms with Crippen LogP contribution in [0.15, 0.2) is 36.4 Å². The van der Waals surface area contributed by atoms with Crippen molar-refractivity contribution in [2.75, 3.05) is 13.1 Å². The first-order valence-electron chi connectivity index (χ1n) is 8.12. The second-order valence-corrected chi connectivity index (χ2v) is 6.15. The quantitative estimate of drug-likeness (QED) is 0.781. The molecule has 0 unspecified atom stereocenters. The molecule has 0 bridgehead atoms. The van der Waals surface area contributed by atoms with E-state index in [9.17, 15) is 18.0 Å². The van der Waals surface area contributed by atoms with Gasteiger partial charge in [-0.1, -0.05) is 17.7 Å². The van der Waals surface area contributed by atoms with E-state index in [1.807, 2.05) is 31.2 Å². The van der Waals surface area contributed by atoms with Crippen LogP contribution in [0.1, 0.15) is 28.8 Å². The van der Waals surface area contributed by atoms with Gasteiger partial charge in [-0.2, -0.15) is 0 Å². The van der Waals surface area contributed by atoms with Crippen molar-refractivity contribution in [3.05, 3.63) is 65.0 Å². The molecule has 1 aliphatic rings. The molecule has 6 heteroatoms. The SMILES string of the molecule is Cc1ccc(OC2CCN(C(=O)c3ccc(F)c(F)c3F)CC2)cc1. The number of amides is 1. The van der Waals surface area contributed by atoms with Crippen LogP contribution in [0.25, 0.3) is 0 Å². The molecule has 1 fully saturated rings. The van der Waals surface area contributed by atoms with Gasteiger partial charge in [0.1, 0.15) is 11.9 Å². The van der Waals surface area contributed by atoms with Crippen molar-refractivity contribution in [1.29, 1.82) is 0 Å². The van der Waals surface area contributed by atoms with E-state index in [4.69, 9.17) is 4.74 Å². The van der Waals surface area contributed by atoms with Gasteiger partial charge >= 0.3 is 0 Å². The Bertz CT molecular complexity index is 769. The van der Waals surface area contributed by atoms with E-state index < -0.39 is 28.9 Å². The smallest absolute Gasteiger partial charge is 0.256 e. The highest BCUT2D eigenvalue weighted by atomic mass is 19.2. The monoisotopic (exact) mass is 349 g/mol. The number of carbonyl (C=O) groups is 1. The fraction of sp³-hybridized carbons (Fsp3) is 0.316. The highest BCUT2D eigenvalue weighted by Gasteiger charge is 2.27. The van der Waals surface area contributed by atoms with E-state index in [-0.39, 0.29) is 6.10 Å². The summed E-state index contributed by atoms with van der Waals surface area (Å²) in [6.45, 7) is 2.73. The lowest BCUT2D eigenvalue weighted by atomic mass is 10.1. The van der Waals surface area contributed by atoms with Gasteiger partial charge in [0.2, 0.25) is 0 Å². The lowest BCUT2D eigenvalue weighted by molar-refractivity contribution is 0.0590. The number of halogens is 3. The molecule has 1 amide bonds. The van der Waals surface area contributed by atoms with Gasteiger partial charge in [0.25, 0.3) is 5.91 Å². The fourth-order valence-corrected chi connectivity index (χ4v) is 2.85. The highest BCUT2D eigenvalue weighted by Crippen LogP contribution is 2.22. The van der Waals surface area contributed by atoms with Gasteiger partial charge in [-0.25, -0.2) is 13.2 Å². The Hall–Kier alpha value is -2.50. The van der Waals surface area contributed by atoms with Crippen molar-refractivity contribution in [1.82, 2.24) is 4.90 Å². The molecule has 0 atom stereocenters. The largest absolute Gasteiger partial charge is 0.490 e. The molecular weight excluding hydrogens is 331 g/mol. The Balaban J connectivity index is 1.61. The normalized spacial score (nSPS) is 15.3. The molecule has 0 saturated carbocycles. The Morgan fingerprint density at radius 1 is 1.00 bits per heavy atom. The molecule has 2 aromatic carbocycles. The van der Waals surface area contributed by atoms with Crippen molar-refractivity contribution in [3.8, 4) is 5.75 Å². The molecule has 3 rings (SSSR count). The second-order valence-electron chi connectivity index (χ2n) is 6.15. The minimum absolute atomic E-state index is 0.0402. The number of ether oxygens (including phenoxy) is 1. The van der Waals surface area contributed by atoms with E-state index in [2.05, 4.69) is 0 Å². The Kier molecular flexibility index (Phi) is 4.97. The van der Waals surface area contributed by atoms with Crippen LogP contribution in [-0.2, 0) is 0 Å². The standard InChI is InChI=1S/C19H18F3NO2/c1-12-2-4-13(5-3-12)25-14-8-10-23(11-9-14)19(24)15-6-7-16(20)18(22)17(15)21/h2-7,14H,8-11H2,1H3. The summed E-state index contributed by atoms with van der Waals surface area (Å²) in [5.74, 6) is -4.24. The first-order valence-corrected chi connectivity index (χ1v) is 8.12. The minimum atomic E-state index is -1.62. The summed E-state index contributed by atoms with van der Waals surface area (Å²) in [6.07, 6.45) is 1.14. The summed E-state index contributed by atoms with van der Waals surface area (Å²) < 4.78 is 46.0. The zero-order valence-corrected chi connectivity index (χ0v) is 13.8. The number of benzene rings is 2. The predicted octanol–water partition coefficient (Wildman–Crippen LogP) is 4.10. The first-order chi connectivity index (χ1) is 12.0. The molecule has 132 valence electrons. The lowest BCUT2D eigenvalue weighted by Crippen LogP contribution is -2.42. The van der Waals surface area contributed by atoms with E-state index in [1.165, 1.54) is 4.90 Å². The number of hydrogen-bond donors (Lipinski definition) is 0. The Labute approximate surface area is 144 Å². The van der Waals surface area contributed by atoms with Crippen molar-refractivity contribution >= 4 is 5.91 Å². The van der Waals surface area contributed by atoms with E-state index in [1.54, 1.807) is 0 Å². The lowest BCUT2D eigenvalue weighted by Gasteiger charge is -2.32. The Morgan fingerprint density at radius 3 is 2.28 bits per heavy atom. The van der Waals surface area contributed by atoms with Gasteiger partial charge < -0.3 is 9.64 Å². The average molecular weight is 349 g/mol. The maximum Gasteiger partial charge on any atom is 0.256 e. The highest BCUT2D eigenvalue weighted by molar-refractivity contribution is 5.94. The van der Waals surface area contributed by atoms with Crippen molar-refractivity contribution in [2.45, 2.75) is 25.9 Å². The van der Waals surface area contributed by atoms with Crippen molar-refractivity contribution < 1.29 is 22.7 Å². The molecule has 0 aliphatic carbocycles. The number of likely N-dealkylation sites (tertiary alicyclic amines) is 1. The van der Waals surface area contributed by atoms with E-state index in [0.29, 0.717) is 25.9 Å². The van der Waals surface area contributed by atoms with Crippen LogP contribution in [0.5, 0.6) is 5.75 Å². The van der Waals surface area contributed by atoms with Gasteiger partial charge in [-0.15, -0.1) is 0 Å². The van der Waals surface area contributed by atoms with Crippen LogP contribution in [-0.4, -0.2) is 30.0 Å². The van der Waals surface area contributed by atoms with E-state index >= 15 is 0 Å². The third-order valence-corrected chi connectivity index (χ3v) is 4.32. The van der Waals surface area contributed by atoms with Crippen LogP contribution in [0.2, 0.25) is 0 Å². The minimum Gasteiger partial charge on any atom is -0.490 e. The zero-order valence-electron chi connectivity index (χ0n) is 13.8. The molecule has 1 saturated heterocycles. The molecule has 0 radical (unpaired) electrons. The van der Waals surface area contributed by atoms with Gasteiger partial charge in [0, 0.05) is 25.9 Å². The first kappa shape index (κ1) is 17.3. The number of hydrogen-bond acceptors (Lipinski definition) is 2. The maximum atomic E-state index is 13.8. The summed E-state index contributed by atoms with van der Waals surface area (Å²) in [5.41, 5.74) is 0.693. The molecule has 0 N–H and O–H groups in total. The van der Waals surface area contributed by atoms with Crippen LogP contribution in [0.4, 0.5) is 13.2 Å². The number of piperidine rings is 1. The third-order valence-electron chi connectivity index (χ3n) is 4.32. The fourth-order valence-electron chi connectivity index (χ4n) is 2.85. The summed E-state index contributed by atoms with van der Waals surface area (Å²) in [4.78, 5) is 13.8. The molecule has 25 heavy (non-hydrogen) atoms. The predicted molar refractivity (Wildman–Crippen MR) is 87.0 cm³/mol. The van der Waals surface area contributed by atoms with Crippen molar-refractivity contribution in [2.24, 2.45) is 0 Å². The summed E-state index contributed by atoms with van der Waals surface area (Å²) >= 11 is 0. The van der Waals surface area contributed by atoms with Crippen LogP contribution >= 0.6 is 0 Å². The summed E-state index contributed by atoms with van der Waals surface area (Å²) in [7, 11) is 0. The van der Waals surface area contributed by atoms with Gasteiger partial charge in [0.05, 0.1) is 5.56 Å². The molecule has 1 heterocycles. The van der Waals surface area contributed by atoms with E-state index in [0.717, 1.165) is 23.4 Å². The molecule has 3 nitrogen and oxygen atoms in total. The molecule has 0 aromatic heterocycles. The summed E-state index contributed by atoms with van der Waals surface area (Å²) in [5, 5.41) is 0. The maximum absolute atomic E-state index is 13.8. The van der Waals surface area contributed by atoms with Crippen LogP contribution < -0.4 is 4.74 Å². The number of rotatable bonds is 3. The summed E-state index contributed by atoms with van der Waals surface area (Å²) in [6, 6.07) is 9.44. The molecular formula is C19H18F3NO2. The van der Waals surface area contributed by atoms with Crippen LogP contribution in [0, 0.1) is 24.4 Å². The zero-order chi connectivity index (χ0) is 18.0. The number of aryl methyl sites for hydroxylation is 1. The van der Waals surface area contributed by atoms with Gasteiger partial charge in [-0.05, 0) is 31.2 Å². The number of nitrogens with zero attached hydrogens (tertiary/aromatic N) is 1. The number of carbonyl (C=O) groups excluding carboxylic acids is 1. The molecule has 0 spiro atoms. The van der Waals surface area contributed by atoms with Gasteiger partial charge in [-0.3, -0.25) is 4.79 Å². The topological polar surface area (TPSA) is 29.5 Å². The van der Waals surface area contributed by atoms with Crippen LogP contribution in [0.3, 0.4) is 0 Å². The molecule has 2 aromatic rings. The van der Waals surface area contributed by atoms with Crippen molar-refractivity contribution in [3.63, 3.8) is 0 Å². The average Bonchev–Trinajstić information content (AvgIpc) is 2.62. The third kappa shape index (κ3) is 3.78. The second kappa shape index (κ2) is 7.17.